The standard InChI is InChI=1S/C16H35NS/c1-6-10-11-15(8-3)12-16(17-9-4)13-18-14(5)7-2/h14-17H,6-13H2,1-5H3. The third-order valence-corrected chi connectivity index (χ3v) is 5.31. The lowest BCUT2D eigenvalue weighted by atomic mass is 9.92. The van der Waals surface area contributed by atoms with Crippen molar-refractivity contribution in [3.05, 3.63) is 0 Å². The monoisotopic (exact) mass is 273 g/mol. The van der Waals surface area contributed by atoms with Gasteiger partial charge in [0.15, 0.2) is 0 Å². The molecule has 0 amide bonds. The molecule has 0 rings (SSSR count). The van der Waals surface area contributed by atoms with Crippen LogP contribution in [0.3, 0.4) is 0 Å². The maximum absolute atomic E-state index is 3.68. The predicted octanol–water partition coefficient (Wildman–Crippen LogP) is 5.10. The SMILES string of the molecule is CCCCC(CC)CC(CSC(C)CC)NCC. The van der Waals surface area contributed by atoms with E-state index in [4.69, 9.17) is 0 Å². The van der Waals surface area contributed by atoms with E-state index in [9.17, 15) is 0 Å². The largest absolute Gasteiger partial charge is 0.313 e. The van der Waals surface area contributed by atoms with Crippen LogP contribution in [0.15, 0.2) is 0 Å². The second kappa shape index (κ2) is 12.3. The van der Waals surface area contributed by atoms with Gasteiger partial charge in [-0.25, -0.2) is 0 Å². The first-order valence-corrected chi connectivity index (χ1v) is 9.07. The zero-order chi connectivity index (χ0) is 13.8. The highest BCUT2D eigenvalue weighted by atomic mass is 32.2. The summed E-state index contributed by atoms with van der Waals surface area (Å²) in [5.74, 6) is 2.21. The van der Waals surface area contributed by atoms with Crippen LogP contribution < -0.4 is 5.32 Å². The van der Waals surface area contributed by atoms with Gasteiger partial charge in [-0.3, -0.25) is 0 Å². The van der Waals surface area contributed by atoms with E-state index in [1.54, 1.807) is 0 Å². The molecule has 0 fully saturated rings. The van der Waals surface area contributed by atoms with Crippen LogP contribution in [0.1, 0.15) is 73.1 Å². The second-order valence-corrected chi connectivity index (χ2v) is 6.93. The Morgan fingerprint density at radius 2 is 1.78 bits per heavy atom. The van der Waals surface area contributed by atoms with Crippen LogP contribution in [0.5, 0.6) is 0 Å². The minimum Gasteiger partial charge on any atom is -0.313 e. The maximum atomic E-state index is 3.68. The van der Waals surface area contributed by atoms with Crippen LogP contribution in [-0.2, 0) is 0 Å². The van der Waals surface area contributed by atoms with Crippen molar-refractivity contribution < 1.29 is 0 Å². The molecule has 0 aliphatic carbocycles. The lowest BCUT2D eigenvalue weighted by Crippen LogP contribution is -2.33. The van der Waals surface area contributed by atoms with Crippen LogP contribution >= 0.6 is 11.8 Å². The van der Waals surface area contributed by atoms with Gasteiger partial charge in [0.25, 0.3) is 0 Å². The fourth-order valence-corrected chi connectivity index (χ4v) is 3.33. The molecule has 1 N–H and O–H groups in total. The lowest BCUT2D eigenvalue weighted by Gasteiger charge is -2.24. The van der Waals surface area contributed by atoms with E-state index < -0.39 is 0 Å². The van der Waals surface area contributed by atoms with Crippen molar-refractivity contribution in [3.63, 3.8) is 0 Å². The van der Waals surface area contributed by atoms with Crippen molar-refractivity contribution in [2.45, 2.75) is 84.4 Å². The molecule has 0 aliphatic heterocycles. The predicted molar refractivity (Wildman–Crippen MR) is 87.6 cm³/mol. The minimum atomic E-state index is 0.718. The minimum absolute atomic E-state index is 0.718. The number of hydrogen-bond acceptors (Lipinski definition) is 2. The van der Waals surface area contributed by atoms with Crippen molar-refractivity contribution in [1.82, 2.24) is 5.32 Å². The number of thioether (sulfide) groups is 1. The van der Waals surface area contributed by atoms with Crippen LogP contribution in [0.25, 0.3) is 0 Å². The fourth-order valence-electron chi connectivity index (χ4n) is 2.28. The summed E-state index contributed by atoms with van der Waals surface area (Å²) in [6.45, 7) is 12.6. The Kier molecular flexibility index (Phi) is 12.6. The van der Waals surface area contributed by atoms with E-state index in [0.29, 0.717) is 0 Å². The van der Waals surface area contributed by atoms with Crippen molar-refractivity contribution in [1.29, 1.82) is 0 Å². The Morgan fingerprint density at radius 1 is 1.06 bits per heavy atom. The molecule has 3 unspecified atom stereocenters. The highest BCUT2D eigenvalue weighted by Gasteiger charge is 2.15. The van der Waals surface area contributed by atoms with Crippen LogP contribution in [-0.4, -0.2) is 23.6 Å². The van der Waals surface area contributed by atoms with Gasteiger partial charge in [0.2, 0.25) is 0 Å². The fraction of sp³-hybridized carbons (Fsp3) is 1.00. The van der Waals surface area contributed by atoms with Crippen LogP contribution in [0.2, 0.25) is 0 Å². The first-order valence-electron chi connectivity index (χ1n) is 8.02. The van der Waals surface area contributed by atoms with Gasteiger partial charge in [-0.15, -0.1) is 0 Å². The molecule has 0 aromatic heterocycles. The summed E-state index contributed by atoms with van der Waals surface area (Å²) in [6, 6.07) is 0.718. The summed E-state index contributed by atoms with van der Waals surface area (Å²) in [6.07, 6.45) is 8.16. The Hall–Kier alpha value is 0.310. The number of nitrogens with one attached hydrogen (secondary N) is 1. The molecule has 18 heavy (non-hydrogen) atoms. The molecule has 110 valence electrons. The van der Waals surface area contributed by atoms with Gasteiger partial charge in [-0.2, -0.15) is 11.8 Å². The van der Waals surface area contributed by atoms with E-state index >= 15 is 0 Å². The molecule has 0 bridgehead atoms. The molecular formula is C16H35NS. The topological polar surface area (TPSA) is 12.0 Å². The summed E-state index contributed by atoms with van der Waals surface area (Å²) in [7, 11) is 0. The Labute approximate surface area is 120 Å². The molecule has 0 spiro atoms. The number of hydrogen-bond donors (Lipinski definition) is 1. The molecular weight excluding hydrogens is 238 g/mol. The Balaban J connectivity index is 4.05. The summed E-state index contributed by atoms with van der Waals surface area (Å²) in [5.41, 5.74) is 0. The van der Waals surface area contributed by atoms with Gasteiger partial charge in [-0.05, 0) is 25.3 Å². The average molecular weight is 274 g/mol. The lowest BCUT2D eigenvalue weighted by molar-refractivity contribution is 0.367. The molecule has 0 saturated heterocycles. The van der Waals surface area contributed by atoms with Crippen LogP contribution in [0.4, 0.5) is 0 Å². The molecule has 0 aliphatic rings. The second-order valence-electron chi connectivity index (χ2n) is 5.46. The van der Waals surface area contributed by atoms with Gasteiger partial charge in [0.1, 0.15) is 0 Å². The highest BCUT2D eigenvalue weighted by Crippen LogP contribution is 2.22. The third-order valence-electron chi connectivity index (χ3n) is 3.81. The van der Waals surface area contributed by atoms with E-state index in [-0.39, 0.29) is 0 Å². The molecule has 1 nitrogen and oxygen atoms in total. The average Bonchev–Trinajstić information content (AvgIpc) is 2.40. The molecule has 0 radical (unpaired) electrons. The summed E-state index contributed by atoms with van der Waals surface area (Å²) >= 11 is 2.14. The highest BCUT2D eigenvalue weighted by molar-refractivity contribution is 7.99. The van der Waals surface area contributed by atoms with Crippen molar-refractivity contribution in [3.8, 4) is 0 Å². The van der Waals surface area contributed by atoms with Gasteiger partial charge in [0.05, 0.1) is 0 Å². The van der Waals surface area contributed by atoms with Crippen LogP contribution in [0, 0.1) is 5.92 Å². The molecule has 0 saturated carbocycles. The quantitative estimate of drug-likeness (QED) is 0.531. The number of unbranched alkanes of at least 4 members (excludes halogenated alkanes) is 1. The summed E-state index contributed by atoms with van der Waals surface area (Å²) in [4.78, 5) is 0. The van der Waals surface area contributed by atoms with Gasteiger partial charge in [-0.1, -0.05) is 60.3 Å². The maximum Gasteiger partial charge on any atom is 0.0160 e. The van der Waals surface area contributed by atoms with Gasteiger partial charge < -0.3 is 5.32 Å². The van der Waals surface area contributed by atoms with Crippen molar-refractivity contribution >= 4 is 11.8 Å². The molecule has 3 atom stereocenters. The zero-order valence-corrected chi connectivity index (χ0v) is 14.1. The Bertz CT molecular complexity index is 172. The normalized spacial score (nSPS) is 16.5. The van der Waals surface area contributed by atoms with E-state index in [0.717, 1.165) is 23.8 Å². The van der Waals surface area contributed by atoms with Crippen molar-refractivity contribution in [2.75, 3.05) is 12.3 Å². The summed E-state index contributed by atoms with van der Waals surface area (Å²) < 4.78 is 0. The van der Waals surface area contributed by atoms with Gasteiger partial charge in [0, 0.05) is 17.0 Å². The van der Waals surface area contributed by atoms with Gasteiger partial charge >= 0.3 is 0 Å². The first kappa shape index (κ1) is 18.3. The third kappa shape index (κ3) is 9.27. The van der Waals surface area contributed by atoms with E-state index in [1.165, 1.54) is 44.3 Å². The molecule has 2 heteroatoms. The van der Waals surface area contributed by atoms with E-state index in [2.05, 4.69) is 51.7 Å². The summed E-state index contributed by atoms with van der Waals surface area (Å²) in [5, 5.41) is 4.49. The van der Waals surface area contributed by atoms with Crippen molar-refractivity contribution in [2.24, 2.45) is 5.92 Å². The van der Waals surface area contributed by atoms with E-state index in [1.807, 2.05) is 0 Å². The Morgan fingerprint density at radius 3 is 2.28 bits per heavy atom. The number of rotatable bonds is 12. The molecule has 0 aromatic carbocycles. The smallest absolute Gasteiger partial charge is 0.0160 e. The molecule has 0 heterocycles. The zero-order valence-electron chi connectivity index (χ0n) is 13.3. The first-order chi connectivity index (χ1) is 8.67. The molecule has 0 aromatic rings.